The first-order valence-electron chi connectivity index (χ1n) is 9.61. The number of fused-ring (bicyclic) bond motifs is 1. The number of hydrogen-bond acceptors (Lipinski definition) is 4. The van der Waals surface area contributed by atoms with E-state index < -0.39 is 11.4 Å². The third-order valence-corrected chi connectivity index (χ3v) is 5.23. The molecule has 4 rings (SSSR count). The van der Waals surface area contributed by atoms with Crippen LogP contribution in [0.25, 0.3) is 17.0 Å². The van der Waals surface area contributed by atoms with Crippen LogP contribution in [0.1, 0.15) is 21.5 Å². The molecule has 2 aromatic carbocycles. The number of aromatic nitrogens is 1. The van der Waals surface area contributed by atoms with E-state index in [9.17, 15) is 9.59 Å². The Hall–Kier alpha value is -3.41. The number of hydrogen-bond donors (Lipinski definition) is 0. The van der Waals surface area contributed by atoms with Gasteiger partial charge in [0.1, 0.15) is 5.56 Å². The Labute approximate surface area is 195 Å². The number of nitrogens with zero attached hydrogens (tertiary/aromatic N) is 1. The molecule has 0 saturated heterocycles. The maximum absolute atomic E-state index is 12.6. The summed E-state index contributed by atoms with van der Waals surface area (Å²) in [5.41, 5.74) is 1.45. The maximum Gasteiger partial charge on any atom is 0.347 e. The second-order valence-corrected chi connectivity index (χ2v) is 7.33. The number of methoxy groups -OCH3 is 1. The van der Waals surface area contributed by atoms with Crippen LogP contribution in [0.2, 0.25) is 5.02 Å². The lowest BCUT2D eigenvalue weighted by Gasteiger charge is -2.04. The van der Waals surface area contributed by atoms with Gasteiger partial charge in [-0.3, -0.25) is 4.79 Å². The van der Waals surface area contributed by atoms with E-state index in [-0.39, 0.29) is 18.0 Å². The predicted octanol–water partition coefficient (Wildman–Crippen LogP) is 1.69. The normalized spacial score (nSPS) is 10.8. The van der Waals surface area contributed by atoms with Crippen molar-refractivity contribution in [1.82, 2.24) is 0 Å². The zero-order chi connectivity index (χ0) is 21.8. The highest BCUT2D eigenvalue weighted by Gasteiger charge is 2.13. The maximum atomic E-state index is 12.6. The van der Waals surface area contributed by atoms with Crippen LogP contribution >= 0.6 is 11.6 Å². The summed E-state index contributed by atoms with van der Waals surface area (Å²) in [4.78, 5) is 24.9. The highest BCUT2D eigenvalue weighted by atomic mass is 35.5. The molecular formula is C25H19Cl2NO4. The molecule has 0 aliphatic heterocycles. The molecule has 162 valence electrons. The van der Waals surface area contributed by atoms with Crippen molar-refractivity contribution < 1.29 is 30.9 Å². The predicted molar refractivity (Wildman–Crippen MR) is 120 cm³/mol. The van der Waals surface area contributed by atoms with E-state index >= 15 is 0 Å². The van der Waals surface area contributed by atoms with Crippen LogP contribution in [0.3, 0.4) is 0 Å². The average Bonchev–Trinajstić information content (AvgIpc) is 2.79. The van der Waals surface area contributed by atoms with Crippen LogP contribution in [0.15, 0.2) is 88.3 Å². The molecule has 2 heterocycles. The Kier molecular flexibility index (Phi) is 7.46. The van der Waals surface area contributed by atoms with Gasteiger partial charge in [0.2, 0.25) is 0 Å². The Morgan fingerprint density at radius 2 is 1.84 bits per heavy atom. The van der Waals surface area contributed by atoms with Gasteiger partial charge in [0, 0.05) is 23.1 Å². The summed E-state index contributed by atoms with van der Waals surface area (Å²) in [6.45, 7) is 0.643. The summed E-state index contributed by atoms with van der Waals surface area (Å²) in [6.07, 6.45) is 6.84. The molecule has 0 saturated carbocycles. The summed E-state index contributed by atoms with van der Waals surface area (Å²) < 4.78 is 12.5. The summed E-state index contributed by atoms with van der Waals surface area (Å²) in [7, 11) is 1.49. The lowest BCUT2D eigenvalue weighted by molar-refractivity contribution is -0.688. The number of allylic oxidation sites excluding steroid dienone is 1. The van der Waals surface area contributed by atoms with Crippen molar-refractivity contribution in [2.75, 3.05) is 7.11 Å². The lowest BCUT2D eigenvalue weighted by Crippen LogP contribution is -3.00. The molecule has 0 N–H and O–H groups in total. The molecular weight excluding hydrogens is 449 g/mol. The van der Waals surface area contributed by atoms with Gasteiger partial charge in [-0.05, 0) is 29.8 Å². The second kappa shape index (κ2) is 10.3. The molecule has 0 aliphatic carbocycles. The first-order valence-corrected chi connectivity index (χ1v) is 9.99. The fourth-order valence-corrected chi connectivity index (χ4v) is 3.42. The van der Waals surface area contributed by atoms with Crippen molar-refractivity contribution >= 4 is 34.4 Å². The van der Waals surface area contributed by atoms with Gasteiger partial charge in [-0.15, -0.1) is 0 Å². The molecule has 0 radical (unpaired) electrons. The number of halogens is 2. The average molecular weight is 468 g/mol. The van der Waals surface area contributed by atoms with Gasteiger partial charge in [-0.2, -0.15) is 0 Å². The number of rotatable bonds is 6. The molecule has 0 atom stereocenters. The number of carbonyl (C=O) groups excluding carboxylic acids is 1. The fourth-order valence-electron chi connectivity index (χ4n) is 3.22. The van der Waals surface area contributed by atoms with Crippen LogP contribution in [0.5, 0.6) is 5.75 Å². The van der Waals surface area contributed by atoms with Crippen molar-refractivity contribution in [2.24, 2.45) is 0 Å². The third kappa shape index (κ3) is 5.07. The van der Waals surface area contributed by atoms with Crippen molar-refractivity contribution in [2.45, 2.75) is 6.54 Å². The number of benzene rings is 2. The molecule has 32 heavy (non-hydrogen) atoms. The van der Waals surface area contributed by atoms with E-state index in [2.05, 4.69) is 0 Å². The first kappa shape index (κ1) is 23.3. The van der Waals surface area contributed by atoms with Gasteiger partial charge in [-0.1, -0.05) is 48.0 Å². The molecule has 0 spiro atoms. The Balaban J connectivity index is 0.00000289. The highest BCUT2D eigenvalue weighted by molar-refractivity contribution is 6.31. The van der Waals surface area contributed by atoms with Crippen molar-refractivity contribution in [1.29, 1.82) is 0 Å². The summed E-state index contributed by atoms with van der Waals surface area (Å²) in [5, 5.41) is 1.34. The third-order valence-electron chi connectivity index (χ3n) is 4.86. The van der Waals surface area contributed by atoms with E-state index in [1.165, 1.54) is 19.3 Å². The minimum absolute atomic E-state index is 0. The smallest absolute Gasteiger partial charge is 0.347 e. The summed E-state index contributed by atoms with van der Waals surface area (Å²) >= 11 is 6.21. The molecule has 5 nitrogen and oxygen atoms in total. The number of ketones is 1. The zero-order valence-electron chi connectivity index (χ0n) is 17.1. The Morgan fingerprint density at radius 3 is 2.56 bits per heavy atom. The van der Waals surface area contributed by atoms with E-state index in [0.29, 0.717) is 23.3 Å². The van der Waals surface area contributed by atoms with Crippen LogP contribution in [-0.2, 0) is 6.54 Å². The van der Waals surface area contributed by atoms with Crippen LogP contribution in [0, 0.1) is 0 Å². The number of ether oxygens (including phenoxy) is 1. The molecule has 0 fully saturated rings. The van der Waals surface area contributed by atoms with E-state index in [4.69, 9.17) is 20.8 Å². The summed E-state index contributed by atoms with van der Waals surface area (Å²) in [6, 6.07) is 18.2. The lowest BCUT2D eigenvalue weighted by atomic mass is 10.1. The molecule has 2 aromatic heterocycles. The van der Waals surface area contributed by atoms with E-state index in [0.717, 1.165) is 16.1 Å². The van der Waals surface area contributed by atoms with Crippen molar-refractivity contribution in [3.8, 4) is 5.75 Å². The van der Waals surface area contributed by atoms with Crippen LogP contribution in [-0.4, -0.2) is 12.9 Å². The first-order chi connectivity index (χ1) is 15.0. The SMILES string of the molecule is COc1cccc2cc(C(=O)/C=C/c3cc[n+](Cc4ccccc4Cl)cc3)c(=O)oc12.[Cl-]. The van der Waals surface area contributed by atoms with Crippen LogP contribution < -0.4 is 27.3 Å². The second-order valence-electron chi connectivity index (χ2n) is 6.92. The fraction of sp³-hybridized carbons (Fsp3) is 0.0800. The number of para-hydroxylation sites is 1. The zero-order valence-corrected chi connectivity index (χ0v) is 18.6. The van der Waals surface area contributed by atoms with Gasteiger partial charge in [0.15, 0.2) is 36.1 Å². The van der Waals surface area contributed by atoms with Gasteiger partial charge < -0.3 is 21.6 Å². The summed E-state index contributed by atoms with van der Waals surface area (Å²) in [5.74, 6) is 0.0183. The van der Waals surface area contributed by atoms with Gasteiger partial charge in [0.05, 0.1) is 12.1 Å². The van der Waals surface area contributed by atoms with Crippen molar-refractivity contribution in [3.05, 3.63) is 111 Å². The number of carbonyl (C=O) groups is 1. The quantitative estimate of drug-likeness (QED) is 0.187. The van der Waals surface area contributed by atoms with Gasteiger partial charge in [0.25, 0.3) is 0 Å². The molecule has 0 unspecified atom stereocenters. The molecule has 4 aromatic rings. The topological polar surface area (TPSA) is 60.4 Å². The standard InChI is InChI=1S/C25H19ClNO4.ClH/c1-30-23-8-4-6-18-15-20(25(29)31-24(18)23)22(28)10-9-17-11-13-27(14-12-17)16-19-5-2-3-7-21(19)26;/h2-15H,16H2,1H3;1H/q+1;/p-1/b10-9+;. The molecule has 0 aliphatic rings. The van der Waals surface area contributed by atoms with E-state index in [1.54, 1.807) is 24.3 Å². The minimum atomic E-state index is -0.697. The monoisotopic (exact) mass is 467 g/mol. The largest absolute Gasteiger partial charge is 1.00 e. The molecule has 7 heteroatoms. The van der Waals surface area contributed by atoms with Gasteiger partial charge in [-0.25, -0.2) is 9.36 Å². The number of pyridine rings is 1. The van der Waals surface area contributed by atoms with Crippen LogP contribution in [0.4, 0.5) is 0 Å². The Bertz CT molecular complexity index is 1340. The van der Waals surface area contributed by atoms with Gasteiger partial charge >= 0.3 is 5.63 Å². The van der Waals surface area contributed by atoms with E-state index in [1.807, 2.05) is 53.4 Å². The van der Waals surface area contributed by atoms with Crippen molar-refractivity contribution in [3.63, 3.8) is 0 Å². The highest BCUT2D eigenvalue weighted by Crippen LogP contribution is 2.24. The molecule has 0 amide bonds. The minimum Gasteiger partial charge on any atom is -1.00 e. The Morgan fingerprint density at radius 1 is 1.09 bits per heavy atom. The molecule has 0 bridgehead atoms.